The van der Waals surface area contributed by atoms with Gasteiger partial charge in [0, 0.05) is 12.7 Å². The van der Waals surface area contributed by atoms with E-state index in [4.69, 9.17) is 15.2 Å². The molecule has 0 aliphatic rings. The van der Waals surface area contributed by atoms with E-state index in [2.05, 4.69) is 4.98 Å². The molecule has 0 radical (unpaired) electrons. The molecule has 0 amide bonds. The van der Waals surface area contributed by atoms with Crippen molar-refractivity contribution in [2.24, 2.45) is 0 Å². The third-order valence-corrected chi connectivity index (χ3v) is 4.02. The van der Waals surface area contributed by atoms with Crippen molar-refractivity contribution in [3.8, 4) is 16.3 Å². The minimum atomic E-state index is -0.434. The number of aromatic nitrogens is 1. The van der Waals surface area contributed by atoms with Crippen molar-refractivity contribution in [3.05, 3.63) is 42.2 Å². The number of hydrogen-bond acceptors (Lipinski definition) is 5. The second-order valence-electron chi connectivity index (χ2n) is 4.44. The maximum absolute atomic E-state index is 13.5. The maximum atomic E-state index is 13.5. The molecule has 0 aliphatic heterocycles. The summed E-state index contributed by atoms with van der Waals surface area (Å²) in [6, 6.07) is 10.3. The first-order valence-electron chi connectivity index (χ1n) is 6.25. The Balaban J connectivity index is 1.98. The van der Waals surface area contributed by atoms with E-state index in [1.807, 2.05) is 18.2 Å². The molecule has 3 rings (SSSR count). The van der Waals surface area contributed by atoms with E-state index in [-0.39, 0.29) is 12.5 Å². The molecule has 0 saturated heterocycles. The monoisotopic (exact) mass is 303 g/mol. The fourth-order valence-electron chi connectivity index (χ4n) is 1.91. The highest BCUT2D eigenvalue weighted by Gasteiger charge is 2.09. The zero-order chi connectivity index (χ0) is 14.8. The van der Waals surface area contributed by atoms with Crippen molar-refractivity contribution in [3.63, 3.8) is 0 Å². The Morgan fingerprint density at radius 1 is 1.24 bits per heavy atom. The molecule has 4 nitrogen and oxygen atoms in total. The molecule has 2 N–H and O–H groups in total. The van der Waals surface area contributed by atoms with E-state index in [1.165, 1.54) is 17.4 Å². The smallest absolute Gasteiger partial charge is 0.188 e. The third kappa shape index (κ3) is 2.81. The van der Waals surface area contributed by atoms with Crippen molar-refractivity contribution < 1.29 is 13.9 Å². The van der Waals surface area contributed by atoms with Crippen molar-refractivity contribution in [1.29, 1.82) is 0 Å². The molecule has 0 saturated carbocycles. The van der Waals surface area contributed by atoms with Crippen LogP contribution in [-0.2, 0) is 4.74 Å². The fourth-order valence-corrected chi connectivity index (χ4v) is 2.90. The van der Waals surface area contributed by atoms with Crippen LogP contribution in [0.15, 0.2) is 36.4 Å². The molecule has 0 unspecified atom stereocenters. The summed E-state index contributed by atoms with van der Waals surface area (Å²) in [5.41, 5.74) is 7.18. The van der Waals surface area contributed by atoms with Gasteiger partial charge in [0.2, 0.25) is 0 Å². The van der Waals surface area contributed by atoms with Gasteiger partial charge >= 0.3 is 0 Å². The summed E-state index contributed by atoms with van der Waals surface area (Å²) in [4.78, 5) is 4.50. The highest BCUT2D eigenvalue weighted by molar-refractivity contribution is 7.21. The standard InChI is InChI=1S/C15H13FN2O2S/c1-19-8-20-10-3-5-13-14(7-10)21-15(18-13)9-2-4-12(17)11(16)6-9/h2-7H,8,17H2,1H3/i16-1. The van der Waals surface area contributed by atoms with Crippen LogP contribution in [0.1, 0.15) is 0 Å². The summed E-state index contributed by atoms with van der Waals surface area (Å²) in [6.07, 6.45) is 0. The molecular weight excluding hydrogens is 290 g/mol. The Morgan fingerprint density at radius 2 is 2.10 bits per heavy atom. The highest BCUT2D eigenvalue weighted by Crippen LogP contribution is 2.33. The van der Waals surface area contributed by atoms with Gasteiger partial charge in [-0.25, -0.2) is 9.37 Å². The summed E-state index contributed by atoms with van der Waals surface area (Å²) >= 11 is 1.47. The number of rotatable bonds is 4. The summed E-state index contributed by atoms with van der Waals surface area (Å²) in [5, 5.41) is 0.743. The summed E-state index contributed by atoms with van der Waals surface area (Å²) in [6.45, 7) is 0.195. The second-order valence-corrected chi connectivity index (χ2v) is 5.47. The molecule has 21 heavy (non-hydrogen) atoms. The van der Waals surface area contributed by atoms with Gasteiger partial charge in [-0.05, 0) is 36.4 Å². The van der Waals surface area contributed by atoms with Crippen LogP contribution in [0.5, 0.6) is 5.75 Å². The van der Waals surface area contributed by atoms with Crippen LogP contribution in [0.3, 0.4) is 0 Å². The van der Waals surface area contributed by atoms with Crippen LogP contribution < -0.4 is 10.5 Å². The van der Waals surface area contributed by atoms with Crippen LogP contribution in [0, 0.1) is 5.82 Å². The third-order valence-electron chi connectivity index (χ3n) is 2.95. The molecule has 1 aromatic heterocycles. The van der Waals surface area contributed by atoms with Crippen molar-refractivity contribution in [2.75, 3.05) is 19.6 Å². The van der Waals surface area contributed by atoms with E-state index in [0.717, 1.165) is 15.2 Å². The van der Waals surface area contributed by atoms with Gasteiger partial charge in [0.15, 0.2) is 6.79 Å². The number of nitrogens with two attached hydrogens (primary N) is 1. The average Bonchev–Trinajstić information content (AvgIpc) is 2.91. The van der Waals surface area contributed by atoms with Crippen LogP contribution in [0.25, 0.3) is 20.8 Å². The minimum Gasteiger partial charge on any atom is -0.468 e. The fraction of sp³-hybridized carbons (Fsp3) is 0.133. The van der Waals surface area contributed by atoms with Gasteiger partial charge < -0.3 is 15.2 Å². The molecule has 0 aliphatic carbocycles. The number of nitrogens with zero attached hydrogens (tertiary/aromatic N) is 1. The van der Waals surface area contributed by atoms with E-state index >= 15 is 0 Å². The number of ether oxygens (including phenoxy) is 2. The number of thiazole rings is 1. The van der Waals surface area contributed by atoms with E-state index in [1.54, 1.807) is 19.2 Å². The number of hydrogen-bond donors (Lipinski definition) is 1. The minimum absolute atomic E-state index is 0.134. The van der Waals surface area contributed by atoms with E-state index < -0.39 is 5.82 Å². The predicted molar refractivity (Wildman–Crippen MR) is 81.9 cm³/mol. The Morgan fingerprint density at radius 3 is 2.86 bits per heavy atom. The van der Waals surface area contributed by atoms with Crippen molar-refractivity contribution in [2.45, 2.75) is 0 Å². The lowest BCUT2D eigenvalue weighted by Crippen LogP contribution is -1.98. The molecule has 0 spiro atoms. The molecule has 1 heterocycles. The van der Waals surface area contributed by atoms with Gasteiger partial charge in [-0.1, -0.05) is 0 Å². The molecule has 108 valence electrons. The number of methoxy groups -OCH3 is 1. The van der Waals surface area contributed by atoms with Gasteiger partial charge in [0.1, 0.15) is 16.6 Å². The van der Waals surface area contributed by atoms with Gasteiger partial charge in [0.25, 0.3) is 0 Å². The number of anilines is 1. The van der Waals surface area contributed by atoms with Crippen LogP contribution in [0.2, 0.25) is 0 Å². The molecule has 0 atom stereocenters. The van der Waals surface area contributed by atoms with Gasteiger partial charge in [-0.3, -0.25) is 0 Å². The Bertz CT molecular complexity index is 788. The first kappa shape index (κ1) is 13.8. The highest BCUT2D eigenvalue weighted by atomic mass is 32.1. The van der Waals surface area contributed by atoms with Crippen molar-refractivity contribution in [1.82, 2.24) is 4.98 Å². The zero-order valence-corrected chi connectivity index (χ0v) is 12.1. The van der Waals surface area contributed by atoms with Crippen LogP contribution in [-0.4, -0.2) is 18.9 Å². The van der Waals surface area contributed by atoms with Crippen molar-refractivity contribution >= 4 is 27.2 Å². The molecule has 2 aromatic carbocycles. The number of fused-ring (bicyclic) bond motifs is 1. The Labute approximate surface area is 124 Å². The average molecular weight is 303 g/mol. The lowest BCUT2D eigenvalue weighted by Gasteiger charge is -2.03. The lowest BCUT2D eigenvalue weighted by atomic mass is 10.2. The topological polar surface area (TPSA) is 57.4 Å². The summed E-state index contributed by atoms with van der Waals surface area (Å²) in [7, 11) is 1.57. The molecule has 0 bridgehead atoms. The molecule has 6 heteroatoms. The normalized spacial score (nSPS) is 11.0. The number of nitrogen functional groups attached to an aromatic ring is 1. The quantitative estimate of drug-likeness (QED) is 0.590. The summed E-state index contributed by atoms with van der Waals surface area (Å²) < 4.78 is 24.8. The number of benzene rings is 2. The van der Waals surface area contributed by atoms with E-state index in [0.29, 0.717) is 11.3 Å². The SMILES string of the molecule is COCOc1ccc2nc(-c3ccc(N)c([18F])c3)sc2c1. The van der Waals surface area contributed by atoms with Gasteiger partial charge in [-0.15, -0.1) is 11.3 Å². The summed E-state index contributed by atoms with van der Waals surface area (Å²) in [5.74, 6) is 0.277. The molecule has 3 aromatic rings. The number of halogens is 1. The Hall–Kier alpha value is -2.18. The Kier molecular flexibility index (Phi) is 3.72. The van der Waals surface area contributed by atoms with Gasteiger partial charge in [-0.2, -0.15) is 0 Å². The second kappa shape index (κ2) is 5.67. The lowest BCUT2D eigenvalue weighted by molar-refractivity contribution is 0.0512. The molecular formula is C15H13FN2O2S. The maximum Gasteiger partial charge on any atom is 0.188 e. The van der Waals surface area contributed by atoms with Crippen LogP contribution >= 0.6 is 11.3 Å². The zero-order valence-electron chi connectivity index (χ0n) is 11.3. The predicted octanol–water partition coefficient (Wildman–Crippen LogP) is 3.67. The van der Waals surface area contributed by atoms with Gasteiger partial charge in [0.05, 0.1) is 15.9 Å². The first-order chi connectivity index (χ1) is 10.2. The largest absolute Gasteiger partial charge is 0.468 e. The van der Waals surface area contributed by atoms with Crippen LogP contribution in [0.4, 0.5) is 10.1 Å². The molecule has 0 fully saturated rings. The van der Waals surface area contributed by atoms with E-state index in [9.17, 15) is 4.39 Å². The first-order valence-corrected chi connectivity index (χ1v) is 7.07.